The smallest absolute Gasteiger partial charge is 0.130 e. The standard InChI is InChI=1S/C13H18O2/c1-9-5-7-12(8-6-10(2)14)13(15-4)11(9)3/h5,7H,6,8H2,1-4H3. The molecule has 2 nitrogen and oxygen atoms in total. The summed E-state index contributed by atoms with van der Waals surface area (Å²) < 4.78 is 5.38. The number of methoxy groups -OCH3 is 1. The Balaban J connectivity index is 2.97. The predicted molar refractivity (Wildman–Crippen MR) is 61.5 cm³/mol. The van der Waals surface area contributed by atoms with Crippen LogP contribution in [0.4, 0.5) is 0 Å². The summed E-state index contributed by atoms with van der Waals surface area (Å²) in [5.74, 6) is 1.14. The highest BCUT2D eigenvalue weighted by Gasteiger charge is 2.08. The van der Waals surface area contributed by atoms with Gasteiger partial charge in [0.15, 0.2) is 0 Å². The Bertz CT molecular complexity index is 367. The molecule has 0 aliphatic carbocycles. The number of carbonyl (C=O) groups is 1. The minimum absolute atomic E-state index is 0.218. The molecule has 0 fully saturated rings. The average molecular weight is 206 g/mol. The Kier molecular flexibility index (Phi) is 3.89. The van der Waals surface area contributed by atoms with Crippen LogP contribution in [0.1, 0.15) is 30.0 Å². The third-order valence-corrected chi connectivity index (χ3v) is 2.71. The molecule has 0 N–H and O–H groups in total. The lowest BCUT2D eigenvalue weighted by molar-refractivity contribution is -0.116. The van der Waals surface area contributed by atoms with Gasteiger partial charge in [0.25, 0.3) is 0 Å². The normalized spacial score (nSPS) is 10.1. The fraction of sp³-hybridized carbons (Fsp3) is 0.462. The number of Topliss-reactive ketones (excluding diaryl/α,β-unsaturated/α-hetero) is 1. The second-order valence-electron chi connectivity index (χ2n) is 3.90. The molecule has 0 spiro atoms. The molecule has 0 radical (unpaired) electrons. The summed E-state index contributed by atoms with van der Waals surface area (Å²) >= 11 is 0. The van der Waals surface area contributed by atoms with Gasteiger partial charge in [-0.25, -0.2) is 0 Å². The van der Waals surface area contributed by atoms with Crippen molar-refractivity contribution in [2.75, 3.05) is 7.11 Å². The summed E-state index contributed by atoms with van der Waals surface area (Å²) in [5.41, 5.74) is 3.51. The van der Waals surface area contributed by atoms with E-state index in [2.05, 4.69) is 13.0 Å². The van der Waals surface area contributed by atoms with E-state index in [0.29, 0.717) is 6.42 Å². The lowest BCUT2D eigenvalue weighted by Gasteiger charge is -2.12. The van der Waals surface area contributed by atoms with Gasteiger partial charge in [-0.3, -0.25) is 0 Å². The van der Waals surface area contributed by atoms with Crippen molar-refractivity contribution < 1.29 is 9.53 Å². The van der Waals surface area contributed by atoms with E-state index < -0.39 is 0 Å². The molecular formula is C13H18O2. The average Bonchev–Trinajstić information content (AvgIpc) is 2.19. The first-order chi connectivity index (χ1) is 7.06. The molecule has 0 saturated carbocycles. The summed E-state index contributed by atoms with van der Waals surface area (Å²) in [4.78, 5) is 10.9. The van der Waals surface area contributed by atoms with E-state index in [-0.39, 0.29) is 5.78 Å². The van der Waals surface area contributed by atoms with Crippen LogP contribution in [0.3, 0.4) is 0 Å². The summed E-state index contributed by atoms with van der Waals surface area (Å²) in [7, 11) is 1.68. The maximum atomic E-state index is 10.9. The van der Waals surface area contributed by atoms with Gasteiger partial charge in [-0.15, -0.1) is 0 Å². The minimum atomic E-state index is 0.218. The van der Waals surface area contributed by atoms with Crippen molar-refractivity contribution in [2.45, 2.75) is 33.6 Å². The van der Waals surface area contributed by atoms with Crippen LogP contribution < -0.4 is 4.74 Å². The topological polar surface area (TPSA) is 26.3 Å². The molecule has 0 heterocycles. The van der Waals surface area contributed by atoms with Crippen molar-refractivity contribution in [2.24, 2.45) is 0 Å². The molecule has 1 aromatic rings. The maximum absolute atomic E-state index is 10.9. The Morgan fingerprint density at radius 3 is 2.53 bits per heavy atom. The van der Waals surface area contributed by atoms with Crippen LogP contribution in [0.25, 0.3) is 0 Å². The van der Waals surface area contributed by atoms with E-state index in [1.165, 1.54) is 11.1 Å². The summed E-state index contributed by atoms with van der Waals surface area (Å²) in [6.45, 7) is 5.73. The number of carbonyl (C=O) groups excluding carboxylic acids is 1. The molecule has 0 aliphatic rings. The zero-order valence-electron chi connectivity index (χ0n) is 9.89. The molecular weight excluding hydrogens is 188 g/mol. The molecule has 0 saturated heterocycles. The second-order valence-corrected chi connectivity index (χ2v) is 3.90. The highest BCUT2D eigenvalue weighted by atomic mass is 16.5. The largest absolute Gasteiger partial charge is 0.496 e. The van der Waals surface area contributed by atoms with Crippen LogP contribution in [-0.2, 0) is 11.2 Å². The van der Waals surface area contributed by atoms with Crippen molar-refractivity contribution in [1.29, 1.82) is 0 Å². The van der Waals surface area contributed by atoms with Gasteiger partial charge in [0, 0.05) is 6.42 Å². The molecule has 0 bridgehead atoms. The summed E-state index contributed by atoms with van der Waals surface area (Å²) in [6, 6.07) is 4.12. The fourth-order valence-corrected chi connectivity index (χ4v) is 1.64. The Morgan fingerprint density at radius 2 is 2.00 bits per heavy atom. The number of aryl methyl sites for hydroxylation is 2. The van der Waals surface area contributed by atoms with Gasteiger partial charge in [0.1, 0.15) is 11.5 Å². The first-order valence-electron chi connectivity index (χ1n) is 5.18. The van der Waals surface area contributed by atoms with Crippen molar-refractivity contribution in [3.05, 3.63) is 28.8 Å². The van der Waals surface area contributed by atoms with Crippen molar-refractivity contribution in [3.63, 3.8) is 0 Å². The molecule has 2 heteroatoms. The molecule has 0 unspecified atom stereocenters. The monoisotopic (exact) mass is 206 g/mol. The number of ether oxygens (including phenoxy) is 1. The van der Waals surface area contributed by atoms with E-state index in [0.717, 1.165) is 17.7 Å². The Morgan fingerprint density at radius 1 is 1.33 bits per heavy atom. The van der Waals surface area contributed by atoms with E-state index in [4.69, 9.17) is 4.74 Å². The number of hydrogen-bond acceptors (Lipinski definition) is 2. The van der Waals surface area contributed by atoms with Crippen LogP contribution in [0.5, 0.6) is 5.75 Å². The van der Waals surface area contributed by atoms with Crippen LogP contribution in [0, 0.1) is 13.8 Å². The van der Waals surface area contributed by atoms with Crippen LogP contribution in [0.15, 0.2) is 12.1 Å². The second kappa shape index (κ2) is 4.96. The quantitative estimate of drug-likeness (QED) is 0.757. The van der Waals surface area contributed by atoms with Crippen LogP contribution in [-0.4, -0.2) is 12.9 Å². The molecule has 1 aromatic carbocycles. The van der Waals surface area contributed by atoms with E-state index in [9.17, 15) is 4.79 Å². The Hall–Kier alpha value is -1.31. The highest BCUT2D eigenvalue weighted by molar-refractivity contribution is 5.75. The fourth-order valence-electron chi connectivity index (χ4n) is 1.64. The van der Waals surface area contributed by atoms with Gasteiger partial charge in [0.2, 0.25) is 0 Å². The van der Waals surface area contributed by atoms with Gasteiger partial charge in [-0.1, -0.05) is 12.1 Å². The summed E-state index contributed by atoms with van der Waals surface area (Å²) in [5, 5.41) is 0. The van der Waals surface area contributed by atoms with Crippen molar-refractivity contribution >= 4 is 5.78 Å². The first kappa shape index (κ1) is 11.8. The van der Waals surface area contributed by atoms with Crippen molar-refractivity contribution in [1.82, 2.24) is 0 Å². The third-order valence-electron chi connectivity index (χ3n) is 2.71. The van der Waals surface area contributed by atoms with Crippen LogP contribution in [0.2, 0.25) is 0 Å². The molecule has 15 heavy (non-hydrogen) atoms. The SMILES string of the molecule is COc1c(CCC(C)=O)ccc(C)c1C. The molecule has 82 valence electrons. The van der Waals surface area contributed by atoms with Crippen molar-refractivity contribution in [3.8, 4) is 5.75 Å². The van der Waals surface area contributed by atoms with E-state index in [1.54, 1.807) is 14.0 Å². The van der Waals surface area contributed by atoms with Crippen LogP contribution >= 0.6 is 0 Å². The number of rotatable bonds is 4. The summed E-state index contributed by atoms with van der Waals surface area (Å²) in [6.07, 6.45) is 1.35. The first-order valence-corrected chi connectivity index (χ1v) is 5.18. The van der Waals surface area contributed by atoms with Gasteiger partial charge >= 0.3 is 0 Å². The molecule has 0 amide bonds. The lowest BCUT2D eigenvalue weighted by Crippen LogP contribution is -1.99. The van der Waals surface area contributed by atoms with Gasteiger partial charge in [-0.2, -0.15) is 0 Å². The highest BCUT2D eigenvalue weighted by Crippen LogP contribution is 2.27. The molecule has 0 atom stereocenters. The number of hydrogen-bond donors (Lipinski definition) is 0. The van der Waals surface area contributed by atoms with Gasteiger partial charge in [0.05, 0.1) is 7.11 Å². The van der Waals surface area contributed by atoms with Gasteiger partial charge in [-0.05, 0) is 43.9 Å². The third kappa shape index (κ3) is 2.82. The number of benzene rings is 1. The predicted octanol–water partition coefficient (Wildman–Crippen LogP) is 2.83. The van der Waals surface area contributed by atoms with E-state index in [1.807, 2.05) is 13.0 Å². The Labute approximate surface area is 91.3 Å². The molecule has 0 aliphatic heterocycles. The number of ketones is 1. The maximum Gasteiger partial charge on any atom is 0.130 e. The van der Waals surface area contributed by atoms with E-state index >= 15 is 0 Å². The lowest BCUT2D eigenvalue weighted by atomic mass is 10.0. The zero-order valence-corrected chi connectivity index (χ0v) is 9.89. The van der Waals surface area contributed by atoms with Gasteiger partial charge < -0.3 is 9.53 Å². The molecule has 0 aromatic heterocycles. The zero-order chi connectivity index (χ0) is 11.4. The minimum Gasteiger partial charge on any atom is -0.496 e. The molecule has 1 rings (SSSR count).